The molecule has 0 unspecified atom stereocenters. The Balaban J connectivity index is 2.09. The molecule has 21 heavy (non-hydrogen) atoms. The highest BCUT2D eigenvalue weighted by atomic mass is 16.5. The number of benzene rings is 1. The van der Waals surface area contributed by atoms with Gasteiger partial charge in [-0.3, -0.25) is 4.57 Å². The Morgan fingerprint density at radius 1 is 1.29 bits per heavy atom. The smallest absolute Gasteiger partial charge is 0.142 e. The lowest BCUT2D eigenvalue weighted by atomic mass is 9.78. The van der Waals surface area contributed by atoms with Crippen molar-refractivity contribution in [1.29, 1.82) is 0 Å². The summed E-state index contributed by atoms with van der Waals surface area (Å²) in [5, 5.41) is 3.44. The molecule has 0 aliphatic carbocycles. The highest BCUT2D eigenvalue weighted by Gasteiger charge is 2.32. The third kappa shape index (κ3) is 2.56. The van der Waals surface area contributed by atoms with Crippen molar-refractivity contribution in [3.63, 3.8) is 0 Å². The van der Waals surface area contributed by atoms with Crippen LogP contribution in [0, 0.1) is 6.92 Å². The van der Waals surface area contributed by atoms with E-state index < -0.39 is 0 Å². The minimum absolute atomic E-state index is 0.163. The van der Waals surface area contributed by atoms with Crippen molar-refractivity contribution in [2.24, 2.45) is 0 Å². The molecule has 0 radical (unpaired) electrons. The highest BCUT2D eigenvalue weighted by Crippen LogP contribution is 2.35. The van der Waals surface area contributed by atoms with E-state index in [2.05, 4.69) is 40.8 Å². The normalized spacial score (nSPS) is 17.7. The van der Waals surface area contributed by atoms with Gasteiger partial charge < -0.3 is 10.1 Å². The standard InChI is InChI=1S/C17H23N3O/c1-13-4-5-15(21-3)14(10-13)20-12-19-11-16(20)17(2)6-8-18-9-7-17/h4-5,10-12,18H,6-9H2,1-3H3. The van der Waals surface area contributed by atoms with Gasteiger partial charge in [0, 0.05) is 17.3 Å². The van der Waals surface area contributed by atoms with Gasteiger partial charge >= 0.3 is 0 Å². The van der Waals surface area contributed by atoms with Crippen LogP contribution in [0.2, 0.25) is 0 Å². The number of hydrogen-bond donors (Lipinski definition) is 1. The summed E-state index contributed by atoms with van der Waals surface area (Å²) >= 11 is 0. The maximum atomic E-state index is 5.54. The van der Waals surface area contributed by atoms with Crippen molar-refractivity contribution in [2.75, 3.05) is 20.2 Å². The van der Waals surface area contributed by atoms with Gasteiger partial charge in [-0.05, 0) is 50.6 Å². The van der Waals surface area contributed by atoms with Crippen LogP contribution in [0.4, 0.5) is 0 Å². The zero-order chi connectivity index (χ0) is 14.9. The summed E-state index contributed by atoms with van der Waals surface area (Å²) in [7, 11) is 1.72. The number of methoxy groups -OCH3 is 1. The van der Waals surface area contributed by atoms with E-state index in [4.69, 9.17) is 4.74 Å². The second-order valence-electron chi connectivity index (χ2n) is 6.13. The number of rotatable bonds is 3. The van der Waals surface area contributed by atoms with E-state index in [-0.39, 0.29) is 5.41 Å². The zero-order valence-electron chi connectivity index (χ0n) is 13.0. The van der Waals surface area contributed by atoms with Gasteiger partial charge in [0.25, 0.3) is 0 Å². The second kappa shape index (κ2) is 5.53. The van der Waals surface area contributed by atoms with Crippen molar-refractivity contribution in [1.82, 2.24) is 14.9 Å². The molecule has 0 atom stereocenters. The lowest BCUT2D eigenvalue weighted by Gasteiger charge is -2.34. The SMILES string of the molecule is COc1ccc(C)cc1-n1cncc1C1(C)CCNCC1. The fraction of sp³-hybridized carbons (Fsp3) is 0.471. The molecule has 0 saturated carbocycles. The monoisotopic (exact) mass is 285 g/mol. The van der Waals surface area contributed by atoms with Gasteiger partial charge in [-0.25, -0.2) is 4.98 Å². The van der Waals surface area contributed by atoms with Gasteiger partial charge in [0.2, 0.25) is 0 Å². The number of nitrogens with zero attached hydrogens (tertiary/aromatic N) is 2. The van der Waals surface area contributed by atoms with E-state index >= 15 is 0 Å². The second-order valence-corrected chi connectivity index (χ2v) is 6.13. The first-order valence-electron chi connectivity index (χ1n) is 7.53. The van der Waals surface area contributed by atoms with Crippen LogP contribution in [0.3, 0.4) is 0 Å². The van der Waals surface area contributed by atoms with Gasteiger partial charge in [0.05, 0.1) is 19.1 Å². The van der Waals surface area contributed by atoms with Crippen molar-refractivity contribution < 1.29 is 4.74 Å². The Bertz CT molecular complexity index is 627. The molecule has 1 saturated heterocycles. The zero-order valence-corrected chi connectivity index (χ0v) is 13.0. The van der Waals surface area contributed by atoms with Crippen molar-refractivity contribution >= 4 is 0 Å². The van der Waals surface area contributed by atoms with E-state index in [0.29, 0.717) is 0 Å². The molecule has 0 bridgehead atoms. The fourth-order valence-electron chi connectivity index (χ4n) is 3.16. The number of aromatic nitrogens is 2. The number of ether oxygens (including phenoxy) is 1. The van der Waals surface area contributed by atoms with E-state index in [9.17, 15) is 0 Å². The molecule has 112 valence electrons. The van der Waals surface area contributed by atoms with E-state index in [1.165, 1.54) is 11.3 Å². The summed E-state index contributed by atoms with van der Waals surface area (Å²) in [4.78, 5) is 4.41. The number of piperidine rings is 1. The van der Waals surface area contributed by atoms with E-state index in [1.807, 2.05) is 18.6 Å². The predicted molar refractivity (Wildman–Crippen MR) is 84.3 cm³/mol. The summed E-state index contributed by atoms with van der Waals surface area (Å²) in [6, 6.07) is 6.26. The Morgan fingerprint density at radius 3 is 2.76 bits per heavy atom. The van der Waals surface area contributed by atoms with Crippen LogP contribution in [-0.4, -0.2) is 29.8 Å². The van der Waals surface area contributed by atoms with Crippen LogP contribution in [0.5, 0.6) is 5.75 Å². The Hall–Kier alpha value is -1.81. The molecule has 1 aliphatic heterocycles. The summed E-state index contributed by atoms with van der Waals surface area (Å²) in [5.74, 6) is 0.886. The van der Waals surface area contributed by atoms with Crippen LogP contribution in [-0.2, 0) is 5.41 Å². The first-order valence-corrected chi connectivity index (χ1v) is 7.53. The predicted octanol–water partition coefficient (Wildman–Crippen LogP) is 2.83. The molecule has 0 amide bonds. The first kappa shape index (κ1) is 14.1. The van der Waals surface area contributed by atoms with E-state index in [0.717, 1.165) is 37.4 Å². The summed E-state index contributed by atoms with van der Waals surface area (Å²) in [6.45, 7) is 6.56. The molecule has 4 heteroatoms. The quantitative estimate of drug-likeness (QED) is 0.942. The molecular formula is C17H23N3O. The van der Waals surface area contributed by atoms with Gasteiger partial charge in [0.15, 0.2) is 0 Å². The first-order chi connectivity index (χ1) is 10.1. The average Bonchev–Trinajstić information content (AvgIpc) is 2.98. The van der Waals surface area contributed by atoms with Gasteiger partial charge in [-0.1, -0.05) is 13.0 Å². The summed E-state index contributed by atoms with van der Waals surface area (Å²) < 4.78 is 7.73. The fourth-order valence-corrected chi connectivity index (χ4v) is 3.16. The minimum atomic E-state index is 0.163. The number of nitrogens with one attached hydrogen (secondary N) is 1. The Morgan fingerprint density at radius 2 is 2.05 bits per heavy atom. The molecule has 3 rings (SSSR count). The molecule has 4 nitrogen and oxygen atoms in total. The highest BCUT2D eigenvalue weighted by molar-refractivity contribution is 5.50. The largest absolute Gasteiger partial charge is 0.495 e. The number of aryl methyl sites for hydroxylation is 1. The molecular weight excluding hydrogens is 262 g/mol. The molecule has 2 aromatic rings. The average molecular weight is 285 g/mol. The lowest BCUT2D eigenvalue weighted by molar-refractivity contribution is 0.323. The molecule has 0 spiro atoms. The van der Waals surface area contributed by atoms with Crippen LogP contribution in [0.25, 0.3) is 5.69 Å². The van der Waals surface area contributed by atoms with E-state index in [1.54, 1.807) is 7.11 Å². The van der Waals surface area contributed by atoms with Crippen molar-refractivity contribution in [3.8, 4) is 11.4 Å². The third-order valence-electron chi connectivity index (χ3n) is 4.56. The molecule has 2 heterocycles. The summed E-state index contributed by atoms with van der Waals surface area (Å²) in [5.41, 5.74) is 3.73. The van der Waals surface area contributed by atoms with Crippen LogP contribution in [0.15, 0.2) is 30.7 Å². The maximum Gasteiger partial charge on any atom is 0.142 e. The van der Waals surface area contributed by atoms with Crippen LogP contribution >= 0.6 is 0 Å². The molecule has 1 aromatic carbocycles. The van der Waals surface area contributed by atoms with Crippen molar-refractivity contribution in [2.45, 2.75) is 32.1 Å². The molecule has 1 N–H and O–H groups in total. The van der Waals surface area contributed by atoms with Gasteiger partial charge in [0.1, 0.15) is 5.75 Å². The molecule has 1 fully saturated rings. The van der Waals surface area contributed by atoms with Crippen molar-refractivity contribution in [3.05, 3.63) is 42.0 Å². The maximum absolute atomic E-state index is 5.54. The lowest BCUT2D eigenvalue weighted by Crippen LogP contribution is -2.38. The Labute approximate surface area is 126 Å². The number of hydrogen-bond acceptors (Lipinski definition) is 3. The van der Waals surface area contributed by atoms with Crippen LogP contribution in [0.1, 0.15) is 31.0 Å². The Kier molecular flexibility index (Phi) is 3.72. The minimum Gasteiger partial charge on any atom is -0.495 e. The number of imidazole rings is 1. The molecule has 1 aromatic heterocycles. The third-order valence-corrected chi connectivity index (χ3v) is 4.56. The molecule has 1 aliphatic rings. The topological polar surface area (TPSA) is 39.1 Å². The summed E-state index contributed by atoms with van der Waals surface area (Å²) in [6.07, 6.45) is 6.17. The van der Waals surface area contributed by atoms with Gasteiger partial charge in [-0.15, -0.1) is 0 Å². The van der Waals surface area contributed by atoms with Crippen LogP contribution < -0.4 is 10.1 Å². The van der Waals surface area contributed by atoms with Gasteiger partial charge in [-0.2, -0.15) is 0 Å².